The van der Waals surface area contributed by atoms with Crippen LogP contribution in [-0.2, 0) is 6.42 Å². The number of hydrogen-bond donors (Lipinski definition) is 0. The van der Waals surface area contributed by atoms with Crippen LogP contribution in [0.4, 0.5) is 0 Å². The lowest BCUT2D eigenvalue weighted by atomic mass is 9.68. The van der Waals surface area contributed by atoms with E-state index in [0.29, 0.717) is 0 Å². The fraction of sp³-hybridized carbons (Fsp3) is 0.760. The maximum Gasteiger partial charge on any atom is 0.0406 e. The fourth-order valence-corrected chi connectivity index (χ4v) is 5.73. The van der Waals surface area contributed by atoms with Gasteiger partial charge in [0.05, 0.1) is 0 Å². The molecule has 1 aromatic carbocycles. The highest BCUT2D eigenvalue weighted by atomic mass is 35.5. The van der Waals surface area contributed by atoms with Crippen LogP contribution in [0.3, 0.4) is 0 Å². The SMILES string of the molecule is CCCCC[C@H]1CC[C@H](C2CCC(CCc3ccc(Cl)cc3)CC2)CC1. The van der Waals surface area contributed by atoms with Gasteiger partial charge in [-0.1, -0.05) is 82.0 Å². The minimum atomic E-state index is 0.856. The number of aryl methyl sites for hydroxylation is 1. The van der Waals surface area contributed by atoms with E-state index in [1.807, 2.05) is 12.1 Å². The van der Waals surface area contributed by atoms with Crippen molar-refractivity contribution in [3.05, 3.63) is 34.9 Å². The molecule has 0 radical (unpaired) electrons. The highest BCUT2D eigenvalue weighted by Gasteiger charge is 2.30. The summed E-state index contributed by atoms with van der Waals surface area (Å²) in [5, 5.41) is 0.856. The lowest BCUT2D eigenvalue weighted by Crippen LogP contribution is -2.26. The first-order valence-corrected chi connectivity index (χ1v) is 11.9. The molecular weight excluding hydrogens is 336 g/mol. The van der Waals surface area contributed by atoms with Crippen LogP contribution < -0.4 is 0 Å². The van der Waals surface area contributed by atoms with Crippen LogP contribution in [0.2, 0.25) is 5.02 Å². The van der Waals surface area contributed by atoms with E-state index in [1.165, 1.54) is 95.5 Å². The zero-order valence-corrected chi connectivity index (χ0v) is 17.7. The van der Waals surface area contributed by atoms with Gasteiger partial charge in [0.1, 0.15) is 0 Å². The molecule has 0 heterocycles. The minimum Gasteiger partial charge on any atom is -0.0843 e. The Kier molecular flexibility index (Phi) is 8.37. The van der Waals surface area contributed by atoms with Crippen LogP contribution in [0.25, 0.3) is 0 Å². The molecule has 0 spiro atoms. The van der Waals surface area contributed by atoms with E-state index in [9.17, 15) is 0 Å². The Labute approximate surface area is 167 Å². The second-order valence-corrected chi connectivity index (χ2v) is 9.66. The fourth-order valence-electron chi connectivity index (χ4n) is 5.60. The first-order valence-electron chi connectivity index (χ1n) is 11.5. The summed E-state index contributed by atoms with van der Waals surface area (Å²) >= 11 is 5.99. The number of unbranched alkanes of at least 4 members (excludes halogenated alkanes) is 2. The van der Waals surface area contributed by atoms with Gasteiger partial charge in [0, 0.05) is 5.02 Å². The molecule has 1 aromatic rings. The zero-order valence-electron chi connectivity index (χ0n) is 16.9. The summed E-state index contributed by atoms with van der Waals surface area (Å²) in [7, 11) is 0. The molecule has 0 saturated heterocycles. The predicted molar refractivity (Wildman–Crippen MR) is 115 cm³/mol. The minimum absolute atomic E-state index is 0.856. The molecule has 0 unspecified atom stereocenters. The summed E-state index contributed by atoms with van der Waals surface area (Å²) < 4.78 is 0. The Morgan fingerprint density at radius 1 is 0.731 bits per heavy atom. The van der Waals surface area contributed by atoms with E-state index in [-0.39, 0.29) is 0 Å². The van der Waals surface area contributed by atoms with Gasteiger partial charge in [-0.05, 0) is 79.9 Å². The van der Waals surface area contributed by atoms with E-state index in [1.54, 1.807) is 0 Å². The van der Waals surface area contributed by atoms with Crippen LogP contribution in [-0.4, -0.2) is 0 Å². The van der Waals surface area contributed by atoms with Crippen molar-refractivity contribution in [3.63, 3.8) is 0 Å². The third-order valence-electron chi connectivity index (χ3n) is 7.42. The molecular formula is C25H39Cl. The summed E-state index contributed by atoms with van der Waals surface area (Å²) in [6, 6.07) is 8.47. The maximum atomic E-state index is 5.99. The highest BCUT2D eigenvalue weighted by Crippen LogP contribution is 2.43. The van der Waals surface area contributed by atoms with Crippen molar-refractivity contribution < 1.29 is 0 Å². The van der Waals surface area contributed by atoms with Gasteiger partial charge in [-0.3, -0.25) is 0 Å². The van der Waals surface area contributed by atoms with E-state index in [4.69, 9.17) is 11.6 Å². The third kappa shape index (κ3) is 6.29. The summed E-state index contributed by atoms with van der Waals surface area (Å²) in [6.45, 7) is 2.32. The van der Waals surface area contributed by atoms with Crippen LogP contribution >= 0.6 is 11.6 Å². The molecule has 2 saturated carbocycles. The van der Waals surface area contributed by atoms with Crippen LogP contribution in [0.5, 0.6) is 0 Å². The van der Waals surface area contributed by atoms with Gasteiger partial charge in [-0.15, -0.1) is 0 Å². The first kappa shape index (κ1) is 20.2. The summed E-state index contributed by atoms with van der Waals surface area (Å²) in [5.74, 6) is 4.15. The van der Waals surface area contributed by atoms with Crippen molar-refractivity contribution >= 4 is 11.6 Å². The number of hydrogen-bond acceptors (Lipinski definition) is 0. The molecule has 0 aliphatic heterocycles. The second kappa shape index (κ2) is 10.7. The van der Waals surface area contributed by atoms with E-state index in [2.05, 4.69) is 19.1 Å². The van der Waals surface area contributed by atoms with Crippen molar-refractivity contribution in [1.29, 1.82) is 0 Å². The van der Waals surface area contributed by atoms with Crippen LogP contribution in [0.15, 0.2) is 24.3 Å². The van der Waals surface area contributed by atoms with Crippen molar-refractivity contribution in [2.75, 3.05) is 0 Å². The van der Waals surface area contributed by atoms with Gasteiger partial charge in [0.15, 0.2) is 0 Å². The first-order chi connectivity index (χ1) is 12.7. The molecule has 2 fully saturated rings. The largest absolute Gasteiger partial charge is 0.0843 e. The molecule has 1 heteroatoms. The molecule has 0 atom stereocenters. The average Bonchev–Trinajstić information content (AvgIpc) is 2.69. The van der Waals surface area contributed by atoms with Crippen molar-refractivity contribution in [3.8, 4) is 0 Å². The molecule has 146 valence electrons. The summed E-state index contributed by atoms with van der Waals surface area (Å²) in [5.41, 5.74) is 1.46. The molecule has 2 aliphatic carbocycles. The Bertz CT molecular complexity index is 489. The molecule has 0 N–H and O–H groups in total. The molecule has 26 heavy (non-hydrogen) atoms. The van der Waals surface area contributed by atoms with Gasteiger partial charge >= 0.3 is 0 Å². The Morgan fingerprint density at radius 2 is 1.27 bits per heavy atom. The van der Waals surface area contributed by atoms with Crippen molar-refractivity contribution in [1.82, 2.24) is 0 Å². The maximum absolute atomic E-state index is 5.99. The number of benzene rings is 1. The normalized spacial score (nSPS) is 29.6. The monoisotopic (exact) mass is 374 g/mol. The van der Waals surface area contributed by atoms with Gasteiger partial charge in [0.25, 0.3) is 0 Å². The number of halogens is 1. The van der Waals surface area contributed by atoms with Gasteiger partial charge in [-0.25, -0.2) is 0 Å². The average molecular weight is 375 g/mol. The Balaban J connectivity index is 1.32. The summed E-state index contributed by atoms with van der Waals surface area (Å²) in [6.07, 6.45) is 20.5. The van der Waals surface area contributed by atoms with Crippen LogP contribution in [0, 0.1) is 23.7 Å². The van der Waals surface area contributed by atoms with Crippen molar-refractivity contribution in [2.24, 2.45) is 23.7 Å². The smallest absolute Gasteiger partial charge is 0.0406 e. The van der Waals surface area contributed by atoms with Gasteiger partial charge < -0.3 is 0 Å². The molecule has 0 bridgehead atoms. The molecule has 0 nitrogen and oxygen atoms in total. The molecule has 3 rings (SSSR count). The Morgan fingerprint density at radius 3 is 1.81 bits per heavy atom. The number of rotatable bonds is 8. The third-order valence-corrected chi connectivity index (χ3v) is 7.67. The van der Waals surface area contributed by atoms with E-state index >= 15 is 0 Å². The molecule has 0 aromatic heterocycles. The van der Waals surface area contributed by atoms with Gasteiger partial charge in [-0.2, -0.15) is 0 Å². The molecule has 2 aliphatic rings. The highest BCUT2D eigenvalue weighted by molar-refractivity contribution is 6.30. The quantitative estimate of drug-likeness (QED) is 0.400. The zero-order chi connectivity index (χ0) is 18.2. The lowest BCUT2D eigenvalue weighted by molar-refractivity contribution is 0.140. The lowest BCUT2D eigenvalue weighted by Gasteiger charge is -2.38. The van der Waals surface area contributed by atoms with Crippen molar-refractivity contribution in [2.45, 2.75) is 96.8 Å². The predicted octanol–water partition coefficient (Wildman–Crippen LogP) is 8.47. The molecule has 0 amide bonds. The second-order valence-electron chi connectivity index (χ2n) is 9.22. The van der Waals surface area contributed by atoms with Crippen LogP contribution in [0.1, 0.15) is 96.0 Å². The summed E-state index contributed by atoms with van der Waals surface area (Å²) in [4.78, 5) is 0. The Hall–Kier alpha value is -0.490. The standard InChI is InChI=1S/C25H39Cl/c1-2-3-4-5-20-8-14-23(15-9-20)24-16-10-21(11-17-24)6-7-22-12-18-25(26)19-13-22/h12-13,18-21,23-24H,2-11,14-17H2,1H3/t20-,21?,23-,24?. The van der Waals surface area contributed by atoms with E-state index in [0.717, 1.165) is 28.7 Å². The topological polar surface area (TPSA) is 0 Å². The van der Waals surface area contributed by atoms with E-state index < -0.39 is 0 Å². The van der Waals surface area contributed by atoms with Gasteiger partial charge in [0.2, 0.25) is 0 Å².